The average Bonchev–Trinajstić information content (AvgIpc) is 2.68. The van der Waals surface area contributed by atoms with Gasteiger partial charge in [0.05, 0.1) is 0 Å². The number of nitrogen functional groups attached to an aromatic ring is 1. The molecule has 94 valence electrons. The number of thiophene rings is 1. The number of pyridine rings is 1. The van der Waals surface area contributed by atoms with E-state index in [9.17, 15) is 4.79 Å². The van der Waals surface area contributed by atoms with Gasteiger partial charge in [0.1, 0.15) is 14.8 Å². The Balaban J connectivity index is 2.60. The van der Waals surface area contributed by atoms with Gasteiger partial charge < -0.3 is 5.73 Å². The summed E-state index contributed by atoms with van der Waals surface area (Å²) in [6.45, 7) is 3.65. The molecule has 0 saturated heterocycles. The zero-order valence-electron chi connectivity index (χ0n) is 10.3. The Labute approximate surface area is 115 Å². The topological polar surface area (TPSA) is 47.0 Å². The molecule has 3 nitrogen and oxygen atoms in total. The summed E-state index contributed by atoms with van der Waals surface area (Å²) >= 11 is 3.20. The average molecular weight is 279 g/mol. The van der Waals surface area contributed by atoms with Gasteiger partial charge in [0, 0.05) is 19.1 Å². The summed E-state index contributed by atoms with van der Waals surface area (Å²) in [7, 11) is 0. The van der Waals surface area contributed by atoms with Crippen LogP contribution in [0.5, 0.6) is 0 Å². The highest BCUT2D eigenvalue weighted by molar-refractivity contribution is 8.01. The molecule has 0 radical (unpaired) electrons. The molecule has 0 aromatic carbocycles. The molecule has 2 rings (SSSR count). The number of carbonyl (C=O) groups is 1. The minimum atomic E-state index is 0.0261. The van der Waals surface area contributed by atoms with Crippen LogP contribution in [0.3, 0.4) is 0 Å². The minimum Gasteiger partial charge on any atom is -0.392 e. The van der Waals surface area contributed by atoms with Crippen LogP contribution in [0.15, 0.2) is 34.8 Å². The number of hydrogen-bond donors (Lipinski definition) is 1. The fraction of sp³-hybridized carbons (Fsp3) is 0.231. The van der Waals surface area contributed by atoms with Crippen molar-refractivity contribution >= 4 is 34.6 Å². The minimum absolute atomic E-state index is 0.0261. The number of nitrogens with two attached hydrogens (primary N) is 1. The zero-order chi connectivity index (χ0) is 13.1. The molecule has 0 aliphatic rings. The van der Waals surface area contributed by atoms with Gasteiger partial charge in [0.15, 0.2) is 18.2 Å². The molecule has 0 amide bonds. The predicted octanol–water partition coefficient (Wildman–Crippen LogP) is 2.92. The van der Waals surface area contributed by atoms with Crippen LogP contribution in [-0.2, 0) is 0 Å². The van der Waals surface area contributed by atoms with Crippen molar-refractivity contribution in [3.8, 4) is 5.69 Å². The van der Waals surface area contributed by atoms with Gasteiger partial charge in [-0.25, -0.2) is 0 Å². The molecule has 0 bridgehead atoms. The van der Waals surface area contributed by atoms with Gasteiger partial charge in [0.2, 0.25) is 0 Å². The van der Waals surface area contributed by atoms with Crippen molar-refractivity contribution in [1.29, 1.82) is 0 Å². The Morgan fingerprint density at radius 2 is 2.06 bits per heavy atom. The van der Waals surface area contributed by atoms with E-state index >= 15 is 0 Å². The maximum Gasteiger partial charge on any atom is 0.259 e. The molecule has 0 aliphatic carbocycles. The van der Waals surface area contributed by atoms with E-state index in [0.717, 1.165) is 15.6 Å². The lowest BCUT2D eigenvalue weighted by atomic mass is 10.3. The lowest BCUT2D eigenvalue weighted by Crippen LogP contribution is -2.30. The van der Waals surface area contributed by atoms with Crippen molar-refractivity contribution in [3.05, 3.63) is 35.5 Å². The van der Waals surface area contributed by atoms with Crippen molar-refractivity contribution in [2.75, 3.05) is 11.5 Å². The van der Waals surface area contributed by atoms with Crippen LogP contribution in [0.4, 0.5) is 5.69 Å². The van der Waals surface area contributed by atoms with E-state index < -0.39 is 0 Å². The Bertz CT molecular complexity index is 564. The standard InChI is InChI=1S/C13H14N2OS2/c1-3-17-13-11(15-7-5-4-6-8-15)10(14)12(18-13)9(2)16/h4-8H,3H2,1-2H3,(H-,14,16)/p+1. The molecule has 0 spiro atoms. The highest BCUT2D eigenvalue weighted by Gasteiger charge is 2.25. The van der Waals surface area contributed by atoms with E-state index in [-0.39, 0.29) is 5.78 Å². The van der Waals surface area contributed by atoms with E-state index in [1.165, 1.54) is 11.3 Å². The van der Waals surface area contributed by atoms with Gasteiger partial charge in [-0.1, -0.05) is 13.0 Å². The van der Waals surface area contributed by atoms with Crippen molar-refractivity contribution in [1.82, 2.24) is 0 Å². The Morgan fingerprint density at radius 3 is 2.61 bits per heavy atom. The smallest absolute Gasteiger partial charge is 0.259 e. The van der Waals surface area contributed by atoms with Crippen molar-refractivity contribution < 1.29 is 9.36 Å². The Kier molecular flexibility index (Phi) is 4.04. The Hall–Kier alpha value is -1.33. The summed E-state index contributed by atoms with van der Waals surface area (Å²) in [5.74, 6) is 0.982. The fourth-order valence-electron chi connectivity index (χ4n) is 1.70. The van der Waals surface area contributed by atoms with Gasteiger partial charge in [-0.15, -0.1) is 23.1 Å². The number of ketones is 1. The van der Waals surface area contributed by atoms with Gasteiger partial charge >= 0.3 is 0 Å². The number of hydrogen-bond acceptors (Lipinski definition) is 4. The van der Waals surface area contributed by atoms with Crippen molar-refractivity contribution in [2.24, 2.45) is 0 Å². The quantitative estimate of drug-likeness (QED) is 0.532. The molecular formula is C13H15N2OS2+. The largest absolute Gasteiger partial charge is 0.392 e. The first-order valence-corrected chi connectivity index (χ1v) is 7.48. The molecule has 5 heteroatoms. The third-order valence-electron chi connectivity index (χ3n) is 2.46. The molecule has 2 N–H and O–H groups in total. The second-order valence-corrected chi connectivity index (χ2v) is 6.31. The summed E-state index contributed by atoms with van der Waals surface area (Å²) in [6.07, 6.45) is 3.89. The summed E-state index contributed by atoms with van der Waals surface area (Å²) < 4.78 is 3.06. The molecule has 2 aromatic heterocycles. The van der Waals surface area contributed by atoms with Crippen LogP contribution in [0, 0.1) is 0 Å². The monoisotopic (exact) mass is 279 g/mol. The highest BCUT2D eigenvalue weighted by atomic mass is 32.2. The Morgan fingerprint density at radius 1 is 1.39 bits per heavy atom. The number of carbonyl (C=O) groups excluding carboxylic acids is 1. The lowest BCUT2D eigenvalue weighted by Gasteiger charge is -1.98. The molecule has 0 aliphatic heterocycles. The van der Waals surface area contributed by atoms with Crippen molar-refractivity contribution in [3.63, 3.8) is 0 Å². The van der Waals surface area contributed by atoms with Crippen LogP contribution < -0.4 is 10.3 Å². The summed E-state index contributed by atoms with van der Waals surface area (Å²) in [5, 5.41) is 0. The summed E-state index contributed by atoms with van der Waals surface area (Å²) in [4.78, 5) is 12.2. The second-order valence-electron chi connectivity index (χ2n) is 3.75. The number of nitrogens with zero attached hydrogens (tertiary/aromatic N) is 1. The van der Waals surface area contributed by atoms with Gasteiger partial charge in [0.25, 0.3) is 5.69 Å². The third-order valence-corrected chi connectivity index (χ3v) is 4.89. The van der Waals surface area contributed by atoms with Gasteiger partial charge in [-0.3, -0.25) is 4.79 Å². The van der Waals surface area contributed by atoms with Crippen LogP contribution in [0.25, 0.3) is 5.69 Å². The molecule has 0 fully saturated rings. The van der Waals surface area contributed by atoms with Crippen LogP contribution in [-0.4, -0.2) is 11.5 Å². The molecule has 0 atom stereocenters. The van der Waals surface area contributed by atoms with E-state index in [2.05, 4.69) is 6.92 Å². The van der Waals surface area contributed by atoms with E-state index in [1.807, 2.05) is 35.2 Å². The molecule has 18 heavy (non-hydrogen) atoms. The van der Waals surface area contributed by atoms with E-state index in [0.29, 0.717) is 10.6 Å². The van der Waals surface area contributed by atoms with Crippen LogP contribution in [0.1, 0.15) is 23.5 Å². The zero-order valence-corrected chi connectivity index (χ0v) is 12.0. The summed E-state index contributed by atoms with van der Waals surface area (Å²) in [5.41, 5.74) is 7.63. The van der Waals surface area contributed by atoms with E-state index in [1.54, 1.807) is 18.7 Å². The first kappa shape index (κ1) is 13.1. The number of aromatic nitrogens is 1. The maximum atomic E-state index is 11.6. The van der Waals surface area contributed by atoms with Gasteiger partial charge in [-0.2, -0.15) is 4.57 Å². The molecule has 2 aromatic rings. The normalized spacial score (nSPS) is 10.6. The molecule has 0 unspecified atom stereocenters. The predicted molar refractivity (Wildman–Crippen MR) is 76.7 cm³/mol. The number of rotatable bonds is 4. The van der Waals surface area contributed by atoms with Crippen molar-refractivity contribution in [2.45, 2.75) is 18.1 Å². The summed E-state index contributed by atoms with van der Waals surface area (Å²) in [6, 6.07) is 5.85. The van der Waals surface area contributed by atoms with E-state index in [4.69, 9.17) is 5.73 Å². The molecule has 0 saturated carbocycles. The highest BCUT2D eigenvalue weighted by Crippen LogP contribution is 2.38. The maximum absolute atomic E-state index is 11.6. The molecular weight excluding hydrogens is 264 g/mol. The number of thioether (sulfide) groups is 1. The SMILES string of the molecule is CCSc1sc(C(C)=O)c(N)c1-[n+]1ccccc1. The fourth-order valence-corrected chi connectivity index (χ4v) is 4.00. The number of Topliss-reactive ketones (excluding diaryl/α,β-unsaturated/α-hetero) is 1. The number of anilines is 1. The van der Waals surface area contributed by atoms with Gasteiger partial charge in [-0.05, 0) is 5.75 Å². The van der Waals surface area contributed by atoms with Crippen LogP contribution in [0.2, 0.25) is 0 Å². The second kappa shape index (κ2) is 5.54. The third kappa shape index (κ3) is 2.42. The first-order chi connectivity index (χ1) is 8.65. The van der Waals surface area contributed by atoms with Crippen LogP contribution >= 0.6 is 23.1 Å². The lowest BCUT2D eigenvalue weighted by molar-refractivity contribution is -0.596. The molecule has 2 heterocycles. The first-order valence-electron chi connectivity index (χ1n) is 5.67.